The molecule has 0 bridgehead atoms. The maximum absolute atomic E-state index is 3.81. The summed E-state index contributed by atoms with van der Waals surface area (Å²) in [5, 5.41) is 7.42. The van der Waals surface area contributed by atoms with Crippen LogP contribution in [0.3, 0.4) is 0 Å². The Bertz CT molecular complexity index is 652. The van der Waals surface area contributed by atoms with Gasteiger partial charge in [0.25, 0.3) is 0 Å². The monoisotopic (exact) mass is 384 g/mol. The standard InChI is InChI=1S/C26H44N2/c1-7-20(4)28-16-15-27-18-25(5)13-8-14-26(6)23-11-9-21(19(2)3)17-22(23)10-12-24(25)26/h9,11,17,19-20,24,27-28H,7-8,10,12-16,18H2,1-6H3/t20?,24-,25-,26+/m0/s1. The first-order valence-electron chi connectivity index (χ1n) is 11.9. The van der Waals surface area contributed by atoms with Crippen molar-refractivity contribution in [2.75, 3.05) is 19.6 Å². The fraction of sp³-hybridized carbons (Fsp3) is 0.769. The third-order valence-electron chi connectivity index (χ3n) is 8.10. The largest absolute Gasteiger partial charge is 0.315 e. The summed E-state index contributed by atoms with van der Waals surface area (Å²) >= 11 is 0. The first kappa shape index (κ1) is 21.8. The van der Waals surface area contributed by atoms with Gasteiger partial charge in [0, 0.05) is 25.7 Å². The van der Waals surface area contributed by atoms with Gasteiger partial charge >= 0.3 is 0 Å². The minimum absolute atomic E-state index is 0.354. The highest BCUT2D eigenvalue weighted by atomic mass is 15.0. The molecule has 2 nitrogen and oxygen atoms in total. The predicted octanol–water partition coefficient (Wildman–Crippen LogP) is 5.80. The molecule has 1 saturated carbocycles. The molecule has 2 aliphatic carbocycles. The van der Waals surface area contributed by atoms with Gasteiger partial charge in [0.05, 0.1) is 0 Å². The van der Waals surface area contributed by atoms with Gasteiger partial charge in [-0.2, -0.15) is 0 Å². The van der Waals surface area contributed by atoms with E-state index in [0.717, 1.165) is 25.6 Å². The molecule has 1 aromatic carbocycles. The molecule has 0 aromatic heterocycles. The van der Waals surface area contributed by atoms with Crippen LogP contribution < -0.4 is 10.6 Å². The molecule has 2 heteroatoms. The fourth-order valence-electron chi connectivity index (χ4n) is 6.14. The van der Waals surface area contributed by atoms with E-state index in [1.807, 2.05) is 0 Å². The van der Waals surface area contributed by atoms with Crippen LogP contribution in [0, 0.1) is 11.3 Å². The average molecular weight is 385 g/mol. The third-order valence-corrected chi connectivity index (χ3v) is 8.10. The minimum atomic E-state index is 0.354. The summed E-state index contributed by atoms with van der Waals surface area (Å²) in [7, 11) is 0. The van der Waals surface area contributed by atoms with E-state index in [1.165, 1.54) is 44.1 Å². The molecule has 0 amide bonds. The maximum atomic E-state index is 3.81. The Morgan fingerprint density at radius 2 is 1.89 bits per heavy atom. The lowest BCUT2D eigenvalue weighted by Gasteiger charge is -2.55. The van der Waals surface area contributed by atoms with Crippen LogP contribution in [0.25, 0.3) is 0 Å². The van der Waals surface area contributed by atoms with Crippen LogP contribution in [0.2, 0.25) is 0 Å². The molecule has 28 heavy (non-hydrogen) atoms. The summed E-state index contributed by atoms with van der Waals surface area (Å²) in [5.41, 5.74) is 5.58. The van der Waals surface area contributed by atoms with Crippen LogP contribution in [0.5, 0.6) is 0 Å². The van der Waals surface area contributed by atoms with Gasteiger partial charge in [0.1, 0.15) is 0 Å². The summed E-state index contributed by atoms with van der Waals surface area (Å²) in [6.07, 6.45) is 7.92. The lowest BCUT2D eigenvalue weighted by molar-refractivity contribution is 0.0261. The SMILES string of the molecule is CCC(C)NCCNC[C@]1(C)CCC[C@]2(C)c3ccc(C(C)C)cc3CC[C@@H]12. The van der Waals surface area contributed by atoms with Crippen molar-refractivity contribution >= 4 is 0 Å². The van der Waals surface area contributed by atoms with Crippen LogP contribution in [-0.2, 0) is 11.8 Å². The van der Waals surface area contributed by atoms with Gasteiger partial charge in [-0.1, -0.05) is 59.2 Å². The van der Waals surface area contributed by atoms with E-state index >= 15 is 0 Å². The molecule has 0 aliphatic heterocycles. The van der Waals surface area contributed by atoms with Crippen LogP contribution in [0.15, 0.2) is 18.2 Å². The molecule has 3 rings (SSSR count). The van der Waals surface area contributed by atoms with E-state index in [1.54, 1.807) is 11.1 Å². The molecule has 1 fully saturated rings. The first-order valence-corrected chi connectivity index (χ1v) is 11.9. The molecular weight excluding hydrogens is 340 g/mol. The molecule has 2 N–H and O–H groups in total. The zero-order valence-corrected chi connectivity index (χ0v) is 19.3. The van der Waals surface area contributed by atoms with Crippen molar-refractivity contribution in [3.05, 3.63) is 34.9 Å². The molecule has 158 valence electrons. The Morgan fingerprint density at radius 3 is 2.61 bits per heavy atom. The van der Waals surface area contributed by atoms with Gasteiger partial charge in [-0.05, 0) is 78.4 Å². The lowest BCUT2D eigenvalue weighted by atomic mass is 9.49. The highest BCUT2D eigenvalue weighted by molar-refractivity contribution is 5.42. The molecule has 4 atom stereocenters. The molecule has 1 unspecified atom stereocenters. The predicted molar refractivity (Wildman–Crippen MR) is 122 cm³/mol. The topological polar surface area (TPSA) is 24.1 Å². The molecule has 0 spiro atoms. The van der Waals surface area contributed by atoms with E-state index in [2.05, 4.69) is 70.4 Å². The number of fused-ring (bicyclic) bond motifs is 3. The van der Waals surface area contributed by atoms with E-state index in [9.17, 15) is 0 Å². The molecule has 0 heterocycles. The molecule has 0 radical (unpaired) electrons. The first-order chi connectivity index (χ1) is 13.3. The molecule has 2 aliphatic rings. The van der Waals surface area contributed by atoms with Crippen LogP contribution >= 0.6 is 0 Å². The van der Waals surface area contributed by atoms with Gasteiger partial charge in [-0.3, -0.25) is 0 Å². The fourth-order valence-corrected chi connectivity index (χ4v) is 6.14. The van der Waals surface area contributed by atoms with Gasteiger partial charge < -0.3 is 10.6 Å². The summed E-state index contributed by atoms with van der Waals surface area (Å²) in [6.45, 7) is 17.6. The second-order valence-electron chi connectivity index (χ2n) is 10.5. The Hall–Kier alpha value is -0.860. The van der Waals surface area contributed by atoms with E-state index in [4.69, 9.17) is 0 Å². The van der Waals surface area contributed by atoms with E-state index in [0.29, 0.717) is 22.8 Å². The quantitative estimate of drug-likeness (QED) is 0.554. The Labute approximate surface area is 174 Å². The van der Waals surface area contributed by atoms with E-state index in [-0.39, 0.29) is 0 Å². The second-order valence-corrected chi connectivity index (χ2v) is 10.5. The zero-order valence-electron chi connectivity index (χ0n) is 19.3. The normalized spacial score (nSPS) is 30.8. The van der Waals surface area contributed by atoms with Gasteiger partial charge in [-0.25, -0.2) is 0 Å². The van der Waals surface area contributed by atoms with Crippen molar-refractivity contribution in [1.29, 1.82) is 0 Å². The molecular formula is C26H44N2. The van der Waals surface area contributed by atoms with Crippen molar-refractivity contribution < 1.29 is 0 Å². The van der Waals surface area contributed by atoms with E-state index < -0.39 is 0 Å². The number of hydrogen-bond acceptors (Lipinski definition) is 2. The van der Waals surface area contributed by atoms with Crippen LogP contribution in [-0.4, -0.2) is 25.7 Å². The van der Waals surface area contributed by atoms with Gasteiger partial charge in [-0.15, -0.1) is 0 Å². The summed E-state index contributed by atoms with van der Waals surface area (Å²) in [4.78, 5) is 0. The molecule has 0 saturated heterocycles. The van der Waals surface area contributed by atoms with Crippen molar-refractivity contribution in [2.45, 2.75) is 97.4 Å². The summed E-state index contributed by atoms with van der Waals surface area (Å²) < 4.78 is 0. The minimum Gasteiger partial charge on any atom is -0.315 e. The number of hydrogen-bond donors (Lipinski definition) is 2. The van der Waals surface area contributed by atoms with Crippen molar-refractivity contribution in [3.63, 3.8) is 0 Å². The van der Waals surface area contributed by atoms with Gasteiger partial charge in [0.15, 0.2) is 0 Å². The number of rotatable bonds is 8. The number of nitrogens with one attached hydrogen (secondary N) is 2. The smallest absolute Gasteiger partial charge is 0.00792 e. The highest BCUT2D eigenvalue weighted by Crippen LogP contribution is 2.57. The number of aryl methyl sites for hydroxylation is 1. The van der Waals surface area contributed by atoms with Crippen molar-refractivity contribution in [2.24, 2.45) is 11.3 Å². The maximum Gasteiger partial charge on any atom is 0.00792 e. The summed E-state index contributed by atoms with van der Waals surface area (Å²) in [6, 6.07) is 8.04. The summed E-state index contributed by atoms with van der Waals surface area (Å²) in [5.74, 6) is 1.42. The number of benzene rings is 1. The molecule has 1 aromatic rings. The van der Waals surface area contributed by atoms with Gasteiger partial charge in [0.2, 0.25) is 0 Å². The Balaban J connectivity index is 1.70. The zero-order chi connectivity index (χ0) is 20.4. The third kappa shape index (κ3) is 4.33. The van der Waals surface area contributed by atoms with Crippen molar-refractivity contribution in [3.8, 4) is 0 Å². The van der Waals surface area contributed by atoms with Crippen molar-refractivity contribution in [1.82, 2.24) is 10.6 Å². The highest BCUT2D eigenvalue weighted by Gasteiger charge is 2.51. The average Bonchev–Trinajstić information content (AvgIpc) is 2.67. The van der Waals surface area contributed by atoms with Crippen LogP contribution in [0.1, 0.15) is 96.3 Å². The Kier molecular flexibility index (Phi) is 6.92. The Morgan fingerprint density at radius 1 is 1.11 bits per heavy atom. The lowest BCUT2D eigenvalue weighted by Crippen LogP contribution is -2.53. The van der Waals surface area contributed by atoms with Crippen LogP contribution in [0.4, 0.5) is 0 Å². The second kappa shape index (κ2) is 8.88.